The summed E-state index contributed by atoms with van der Waals surface area (Å²) in [6, 6.07) is 55.9. The number of thiophene rings is 1. The topological polar surface area (TPSA) is 3.24 Å². The summed E-state index contributed by atoms with van der Waals surface area (Å²) in [5.74, 6) is 0. The minimum atomic E-state index is -0.0594. The molecule has 0 saturated carbocycles. The highest BCUT2D eigenvalue weighted by Crippen LogP contribution is 2.54. The first-order chi connectivity index (χ1) is 22.1. The third kappa shape index (κ3) is 3.92. The van der Waals surface area contributed by atoms with Crippen LogP contribution >= 0.6 is 11.3 Å². The molecular formula is C43H31NS. The molecule has 9 rings (SSSR count). The summed E-state index contributed by atoms with van der Waals surface area (Å²) in [6.07, 6.45) is 0. The Morgan fingerprint density at radius 2 is 1.13 bits per heavy atom. The first kappa shape index (κ1) is 26.2. The molecule has 0 fully saturated rings. The summed E-state index contributed by atoms with van der Waals surface area (Å²) in [5, 5.41) is 5.07. The molecule has 1 aliphatic rings. The predicted molar refractivity (Wildman–Crippen MR) is 195 cm³/mol. The molecule has 0 atom stereocenters. The third-order valence-electron chi connectivity index (χ3n) is 9.66. The van der Waals surface area contributed by atoms with Crippen molar-refractivity contribution in [1.82, 2.24) is 0 Å². The van der Waals surface area contributed by atoms with Gasteiger partial charge in [0.25, 0.3) is 0 Å². The van der Waals surface area contributed by atoms with Gasteiger partial charge in [-0.3, -0.25) is 0 Å². The molecule has 1 heterocycles. The van der Waals surface area contributed by atoms with E-state index in [9.17, 15) is 0 Å². The van der Waals surface area contributed by atoms with Crippen molar-refractivity contribution in [2.24, 2.45) is 0 Å². The summed E-state index contributed by atoms with van der Waals surface area (Å²) in [6.45, 7) is 4.72. The number of anilines is 3. The largest absolute Gasteiger partial charge is 0.309 e. The molecule has 1 nitrogen and oxygen atoms in total. The molecule has 214 valence electrons. The van der Waals surface area contributed by atoms with Gasteiger partial charge in [0, 0.05) is 36.8 Å². The Balaban J connectivity index is 1.36. The average Bonchev–Trinajstić information content (AvgIpc) is 3.58. The highest BCUT2D eigenvalue weighted by molar-refractivity contribution is 7.26. The minimum absolute atomic E-state index is 0.0594. The molecule has 7 aromatic carbocycles. The third-order valence-corrected chi connectivity index (χ3v) is 10.8. The molecule has 0 spiro atoms. The summed E-state index contributed by atoms with van der Waals surface area (Å²) in [7, 11) is 0. The number of fused-ring (bicyclic) bond motifs is 7. The second-order valence-electron chi connectivity index (χ2n) is 12.5. The molecule has 1 aromatic heterocycles. The van der Waals surface area contributed by atoms with Gasteiger partial charge in [0.1, 0.15) is 0 Å². The van der Waals surface area contributed by atoms with Gasteiger partial charge in [-0.2, -0.15) is 0 Å². The quantitative estimate of drug-likeness (QED) is 0.196. The van der Waals surface area contributed by atoms with E-state index < -0.39 is 0 Å². The molecule has 0 N–H and O–H groups in total. The van der Waals surface area contributed by atoms with E-state index in [4.69, 9.17) is 0 Å². The van der Waals surface area contributed by atoms with E-state index >= 15 is 0 Å². The van der Waals surface area contributed by atoms with Gasteiger partial charge in [-0.05, 0) is 75.0 Å². The van der Waals surface area contributed by atoms with Crippen molar-refractivity contribution in [1.29, 1.82) is 0 Å². The predicted octanol–water partition coefficient (Wildman–Crippen LogP) is 12.7. The van der Waals surface area contributed by atoms with Crippen LogP contribution in [0, 0.1) is 0 Å². The summed E-state index contributed by atoms with van der Waals surface area (Å²) >= 11 is 1.87. The normalized spacial score (nSPS) is 13.3. The van der Waals surface area contributed by atoms with E-state index in [-0.39, 0.29) is 5.41 Å². The van der Waals surface area contributed by atoms with E-state index in [1.54, 1.807) is 0 Å². The van der Waals surface area contributed by atoms with Crippen LogP contribution in [0.5, 0.6) is 0 Å². The fraction of sp³-hybridized carbons (Fsp3) is 0.0698. The number of benzene rings is 7. The monoisotopic (exact) mass is 593 g/mol. The van der Waals surface area contributed by atoms with Gasteiger partial charge in [-0.15, -0.1) is 11.3 Å². The van der Waals surface area contributed by atoms with Crippen LogP contribution in [-0.2, 0) is 5.41 Å². The first-order valence-electron chi connectivity index (χ1n) is 15.6. The summed E-state index contributed by atoms with van der Waals surface area (Å²) < 4.78 is 2.61. The Morgan fingerprint density at radius 3 is 2.04 bits per heavy atom. The first-order valence-corrected chi connectivity index (χ1v) is 16.4. The zero-order valence-electron chi connectivity index (χ0n) is 25.3. The number of rotatable bonds is 4. The second-order valence-corrected chi connectivity index (χ2v) is 13.6. The number of para-hydroxylation sites is 1. The molecule has 0 aliphatic heterocycles. The Bertz CT molecular complexity index is 2430. The Kier molecular flexibility index (Phi) is 5.78. The van der Waals surface area contributed by atoms with Crippen LogP contribution in [0.1, 0.15) is 25.0 Å². The van der Waals surface area contributed by atoms with Crippen molar-refractivity contribution in [3.63, 3.8) is 0 Å². The zero-order valence-corrected chi connectivity index (χ0v) is 26.1. The maximum absolute atomic E-state index is 2.49. The van der Waals surface area contributed by atoms with Gasteiger partial charge in [-0.1, -0.05) is 129 Å². The lowest BCUT2D eigenvalue weighted by molar-refractivity contribution is 0.660. The molecule has 2 heteroatoms. The molecule has 0 saturated heterocycles. The van der Waals surface area contributed by atoms with Crippen molar-refractivity contribution in [3.8, 4) is 22.3 Å². The molecule has 45 heavy (non-hydrogen) atoms. The fourth-order valence-electron chi connectivity index (χ4n) is 7.54. The molecular weight excluding hydrogens is 563 g/mol. The standard InChI is InChI=1S/C43H31NS/c1-43(2)35-19-8-5-16-33(35)41-32(18-11-20-36(41)43)31-15-6-9-21-37(31)44(30-26-25-28-13-3-4-14-29(28)27-30)38-22-12-24-40-42(38)34-17-7-10-23-39(34)45-40/h3-27H,1-2H3. The fourth-order valence-corrected chi connectivity index (χ4v) is 8.67. The van der Waals surface area contributed by atoms with Gasteiger partial charge in [0.05, 0.1) is 11.4 Å². The Hall–Kier alpha value is -5.18. The van der Waals surface area contributed by atoms with Crippen LogP contribution in [0.2, 0.25) is 0 Å². The highest BCUT2D eigenvalue weighted by Gasteiger charge is 2.37. The van der Waals surface area contributed by atoms with Crippen LogP contribution < -0.4 is 4.90 Å². The SMILES string of the molecule is CC1(C)c2ccccc2-c2c(-c3ccccc3N(c3ccc4ccccc4c3)c3cccc4sc5ccccc5c34)cccc21. The van der Waals surface area contributed by atoms with E-state index in [2.05, 4.69) is 170 Å². The van der Waals surface area contributed by atoms with Crippen LogP contribution in [0.25, 0.3) is 53.2 Å². The van der Waals surface area contributed by atoms with Crippen molar-refractivity contribution < 1.29 is 0 Å². The number of nitrogens with zero attached hydrogens (tertiary/aromatic N) is 1. The lowest BCUT2D eigenvalue weighted by atomic mass is 9.82. The van der Waals surface area contributed by atoms with Crippen LogP contribution in [0.4, 0.5) is 17.1 Å². The molecule has 0 bridgehead atoms. The second kappa shape index (κ2) is 9.92. The van der Waals surface area contributed by atoms with Gasteiger partial charge in [0.2, 0.25) is 0 Å². The van der Waals surface area contributed by atoms with E-state index in [1.165, 1.54) is 75.7 Å². The van der Waals surface area contributed by atoms with Crippen LogP contribution in [0.3, 0.4) is 0 Å². The van der Waals surface area contributed by atoms with E-state index in [0.29, 0.717) is 0 Å². The molecule has 0 unspecified atom stereocenters. The average molecular weight is 594 g/mol. The minimum Gasteiger partial charge on any atom is -0.309 e. The maximum atomic E-state index is 2.49. The summed E-state index contributed by atoms with van der Waals surface area (Å²) in [4.78, 5) is 2.49. The molecule has 0 amide bonds. The number of hydrogen-bond donors (Lipinski definition) is 0. The molecule has 1 aliphatic carbocycles. The van der Waals surface area contributed by atoms with Crippen molar-refractivity contribution in [3.05, 3.63) is 163 Å². The lowest BCUT2D eigenvalue weighted by Crippen LogP contribution is -2.15. The van der Waals surface area contributed by atoms with Gasteiger partial charge in [-0.25, -0.2) is 0 Å². The van der Waals surface area contributed by atoms with E-state index in [1.807, 2.05) is 11.3 Å². The van der Waals surface area contributed by atoms with Gasteiger partial charge >= 0.3 is 0 Å². The Labute approximate surface area is 267 Å². The van der Waals surface area contributed by atoms with Crippen LogP contribution in [-0.4, -0.2) is 0 Å². The lowest BCUT2D eigenvalue weighted by Gasteiger charge is -2.29. The summed E-state index contributed by atoms with van der Waals surface area (Å²) in [5.41, 5.74) is 11.4. The van der Waals surface area contributed by atoms with Crippen molar-refractivity contribution in [2.45, 2.75) is 19.3 Å². The van der Waals surface area contributed by atoms with E-state index in [0.717, 1.165) is 5.69 Å². The van der Waals surface area contributed by atoms with Crippen molar-refractivity contribution >= 4 is 59.3 Å². The van der Waals surface area contributed by atoms with Gasteiger partial charge < -0.3 is 4.90 Å². The Morgan fingerprint density at radius 1 is 0.489 bits per heavy atom. The highest BCUT2D eigenvalue weighted by atomic mass is 32.1. The smallest absolute Gasteiger partial charge is 0.0555 e. The molecule has 0 radical (unpaired) electrons. The zero-order chi connectivity index (χ0) is 30.1. The maximum Gasteiger partial charge on any atom is 0.0555 e. The van der Waals surface area contributed by atoms with Crippen LogP contribution in [0.15, 0.2) is 152 Å². The molecule has 8 aromatic rings. The van der Waals surface area contributed by atoms with Crippen molar-refractivity contribution in [2.75, 3.05) is 4.90 Å². The van der Waals surface area contributed by atoms with Gasteiger partial charge in [0.15, 0.2) is 0 Å². The number of hydrogen-bond acceptors (Lipinski definition) is 2.